The van der Waals surface area contributed by atoms with Gasteiger partial charge in [0.25, 0.3) is 0 Å². The number of nitrogens with zero attached hydrogens (tertiary/aromatic N) is 1. The van der Waals surface area contributed by atoms with E-state index in [1.54, 1.807) is 26.0 Å². The monoisotopic (exact) mass is 218 g/mol. The SMILES string of the molecule is CC(C)NC(c1ccccn1)C(F)(F)F. The highest BCUT2D eigenvalue weighted by Gasteiger charge is 2.41. The van der Waals surface area contributed by atoms with Crippen LogP contribution >= 0.6 is 0 Å². The largest absolute Gasteiger partial charge is 0.409 e. The molecule has 0 spiro atoms. The van der Waals surface area contributed by atoms with Gasteiger partial charge >= 0.3 is 6.18 Å². The van der Waals surface area contributed by atoms with E-state index in [9.17, 15) is 13.2 Å². The Kier molecular flexibility index (Phi) is 3.68. The van der Waals surface area contributed by atoms with Crippen molar-refractivity contribution >= 4 is 0 Å². The Balaban J connectivity index is 2.92. The Labute approximate surface area is 86.5 Å². The Morgan fingerprint density at radius 3 is 2.33 bits per heavy atom. The summed E-state index contributed by atoms with van der Waals surface area (Å²) in [6.45, 7) is 3.34. The molecule has 5 heteroatoms. The van der Waals surface area contributed by atoms with E-state index in [1.165, 1.54) is 12.3 Å². The molecule has 0 aromatic carbocycles. The van der Waals surface area contributed by atoms with Gasteiger partial charge in [0.1, 0.15) is 6.04 Å². The van der Waals surface area contributed by atoms with Crippen molar-refractivity contribution in [1.29, 1.82) is 0 Å². The fourth-order valence-electron chi connectivity index (χ4n) is 1.23. The first-order valence-corrected chi connectivity index (χ1v) is 4.65. The molecule has 1 aromatic heterocycles. The molecule has 1 unspecified atom stereocenters. The summed E-state index contributed by atoms with van der Waals surface area (Å²) in [5.41, 5.74) is -0.00120. The van der Waals surface area contributed by atoms with Crippen LogP contribution in [0.3, 0.4) is 0 Å². The van der Waals surface area contributed by atoms with Crippen molar-refractivity contribution in [3.05, 3.63) is 30.1 Å². The van der Waals surface area contributed by atoms with E-state index >= 15 is 0 Å². The maximum Gasteiger partial charge on any atom is 0.409 e. The molecule has 0 saturated heterocycles. The highest BCUT2D eigenvalue weighted by Crippen LogP contribution is 2.31. The minimum atomic E-state index is -4.32. The average Bonchev–Trinajstić information content (AvgIpc) is 2.14. The number of aromatic nitrogens is 1. The summed E-state index contributed by atoms with van der Waals surface area (Å²) in [7, 11) is 0. The van der Waals surface area contributed by atoms with Gasteiger partial charge in [-0.25, -0.2) is 0 Å². The predicted octanol–water partition coefficient (Wildman–Crippen LogP) is 2.68. The summed E-state index contributed by atoms with van der Waals surface area (Å²) in [4.78, 5) is 3.72. The molecule has 2 nitrogen and oxygen atoms in total. The second-order valence-corrected chi connectivity index (χ2v) is 3.55. The van der Waals surface area contributed by atoms with Gasteiger partial charge in [-0.2, -0.15) is 13.2 Å². The molecule has 1 atom stereocenters. The van der Waals surface area contributed by atoms with Crippen molar-refractivity contribution in [3.63, 3.8) is 0 Å². The van der Waals surface area contributed by atoms with Gasteiger partial charge < -0.3 is 0 Å². The van der Waals surface area contributed by atoms with Crippen LogP contribution in [0.5, 0.6) is 0 Å². The summed E-state index contributed by atoms with van der Waals surface area (Å²) in [6, 6.07) is 2.56. The standard InChI is InChI=1S/C10H13F3N2/c1-7(2)15-9(10(11,12)13)8-5-3-4-6-14-8/h3-7,9,15H,1-2H3. The second kappa shape index (κ2) is 4.61. The molecule has 84 valence electrons. The Hall–Kier alpha value is -1.10. The molecule has 1 rings (SSSR count). The highest BCUT2D eigenvalue weighted by molar-refractivity contribution is 5.10. The summed E-state index contributed by atoms with van der Waals surface area (Å²) in [5.74, 6) is 0. The molecule has 0 aliphatic heterocycles. The van der Waals surface area contributed by atoms with Crippen LogP contribution in [0.15, 0.2) is 24.4 Å². The summed E-state index contributed by atoms with van der Waals surface area (Å²) in [6.07, 6.45) is -2.96. The van der Waals surface area contributed by atoms with E-state index in [0.29, 0.717) is 0 Å². The van der Waals surface area contributed by atoms with Gasteiger partial charge in [0.15, 0.2) is 0 Å². The quantitative estimate of drug-likeness (QED) is 0.843. The van der Waals surface area contributed by atoms with Crippen molar-refractivity contribution in [3.8, 4) is 0 Å². The first-order chi connectivity index (χ1) is 6.91. The van der Waals surface area contributed by atoms with E-state index in [-0.39, 0.29) is 11.7 Å². The molecule has 0 fully saturated rings. The molecular weight excluding hydrogens is 205 g/mol. The molecule has 1 aromatic rings. The molecule has 0 aliphatic carbocycles. The molecule has 0 aliphatic rings. The average molecular weight is 218 g/mol. The Bertz CT molecular complexity index is 295. The zero-order chi connectivity index (χ0) is 11.5. The van der Waals surface area contributed by atoms with E-state index in [2.05, 4.69) is 10.3 Å². The predicted molar refractivity (Wildman–Crippen MR) is 51.3 cm³/mol. The third kappa shape index (κ3) is 3.51. The van der Waals surface area contributed by atoms with Crippen LogP contribution in [0.25, 0.3) is 0 Å². The van der Waals surface area contributed by atoms with Gasteiger partial charge in [-0.15, -0.1) is 0 Å². The third-order valence-electron chi connectivity index (χ3n) is 1.81. The number of alkyl halides is 3. The number of pyridine rings is 1. The van der Waals surface area contributed by atoms with Gasteiger partial charge in [0, 0.05) is 12.2 Å². The van der Waals surface area contributed by atoms with Crippen LogP contribution < -0.4 is 5.32 Å². The summed E-state index contributed by atoms with van der Waals surface area (Å²) >= 11 is 0. The van der Waals surface area contributed by atoms with Crippen LogP contribution in [-0.4, -0.2) is 17.2 Å². The topological polar surface area (TPSA) is 24.9 Å². The third-order valence-corrected chi connectivity index (χ3v) is 1.81. The van der Waals surface area contributed by atoms with Crippen molar-refractivity contribution in [2.45, 2.75) is 32.1 Å². The highest BCUT2D eigenvalue weighted by atomic mass is 19.4. The molecule has 1 heterocycles. The van der Waals surface area contributed by atoms with Crippen molar-refractivity contribution in [2.75, 3.05) is 0 Å². The number of hydrogen-bond acceptors (Lipinski definition) is 2. The first-order valence-electron chi connectivity index (χ1n) is 4.65. The zero-order valence-electron chi connectivity index (χ0n) is 8.55. The van der Waals surface area contributed by atoms with Crippen LogP contribution in [0.2, 0.25) is 0 Å². The van der Waals surface area contributed by atoms with Gasteiger partial charge in [0.05, 0.1) is 5.69 Å². The zero-order valence-corrected chi connectivity index (χ0v) is 8.55. The smallest absolute Gasteiger partial charge is 0.299 e. The molecule has 1 N–H and O–H groups in total. The second-order valence-electron chi connectivity index (χ2n) is 3.55. The van der Waals surface area contributed by atoms with Crippen LogP contribution in [0, 0.1) is 0 Å². The van der Waals surface area contributed by atoms with Gasteiger partial charge in [-0.1, -0.05) is 19.9 Å². The number of rotatable bonds is 3. The molecule has 15 heavy (non-hydrogen) atoms. The van der Waals surface area contributed by atoms with Crippen LogP contribution in [0.4, 0.5) is 13.2 Å². The lowest BCUT2D eigenvalue weighted by molar-refractivity contribution is -0.160. The summed E-state index contributed by atoms with van der Waals surface area (Å²) in [5, 5.41) is 2.45. The minimum absolute atomic E-state index is 0.00120. The minimum Gasteiger partial charge on any atom is -0.299 e. The molecule has 0 saturated carbocycles. The fourth-order valence-corrected chi connectivity index (χ4v) is 1.23. The van der Waals surface area contributed by atoms with Crippen LogP contribution in [0.1, 0.15) is 25.6 Å². The molecular formula is C10H13F3N2. The molecule has 0 amide bonds. The lowest BCUT2D eigenvalue weighted by Crippen LogP contribution is -2.38. The molecule has 0 bridgehead atoms. The van der Waals surface area contributed by atoms with Gasteiger partial charge in [-0.3, -0.25) is 10.3 Å². The van der Waals surface area contributed by atoms with Crippen LogP contribution in [-0.2, 0) is 0 Å². The van der Waals surface area contributed by atoms with E-state index in [1.807, 2.05) is 0 Å². The normalized spacial score (nSPS) is 14.3. The first kappa shape index (κ1) is 12.0. The lowest BCUT2D eigenvalue weighted by atomic mass is 10.1. The van der Waals surface area contributed by atoms with Gasteiger partial charge in [0.2, 0.25) is 0 Å². The van der Waals surface area contributed by atoms with E-state index < -0.39 is 12.2 Å². The number of hydrogen-bond donors (Lipinski definition) is 1. The maximum absolute atomic E-state index is 12.7. The molecule has 0 radical (unpaired) electrons. The maximum atomic E-state index is 12.7. The Morgan fingerprint density at radius 1 is 1.27 bits per heavy atom. The van der Waals surface area contributed by atoms with Gasteiger partial charge in [-0.05, 0) is 12.1 Å². The van der Waals surface area contributed by atoms with Crippen molar-refractivity contribution in [2.24, 2.45) is 0 Å². The number of nitrogens with one attached hydrogen (secondary N) is 1. The van der Waals surface area contributed by atoms with Crippen molar-refractivity contribution < 1.29 is 13.2 Å². The van der Waals surface area contributed by atoms with Crippen molar-refractivity contribution in [1.82, 2.24) is 10.3 Å². The summed E-state index contributed by atoms with van der Waals surface area (Å²) < 4.78 is 38.0. The van der Waals surface area contributed by atoms with E-state index in [0.717, 1.165) is 0 Å². The van der Waals surface area contributed by atoms with E-state index in [4.69, 9.17) is 0 Å². The lowest BCUT2D eigenvalue weighted by Gasteiger charge is -2.23. The Morgan fingerprint density at radius 2 is 1.93 bits per heavy atom. The fraction of sp³-hybridized carbons (Fsp3) is 0.500. The number of halogens is 3.